The van der Waals surface area contributed by atoms with Gasteiger partial charge in [0.15, 0.2) is 5.15 Å². The van der Waals surface area contributed by atoms with Crippen LogP contribution >= 0.6 is 11.6 Å². The average Bonchev–Trinajstić information content (AvgIpc) is 2.20. The summed E-state index contributed by atoms with van der Waals surface area (Å²) in [6, 6.07) is 2.50. The SMILES string of the molecule is CC(C)(NC(=O)Nc1cccnc1Cl)C(=O)O. The molecule has 0 unspecified atom stereocenters. The minimum absolute atomic E-state index is 0.135. The number of halogens is 1. The van der Waals surface area contributed by atoms with Crippen LogP contribution in [0.25, 0.3) is 0 Å². The molecule has 7 heteroatoms. The van der Waals surface area contributed by atoms with Crippen molar-refractivity contribution in [2.75, 3.05) is 5.32 Å². The van der Waals surface area contributed by atoms with Crippen molar-refractivity contribution in [1.29, 1.82) is 0 Å². The second-order valence-electron chi connectivity index (χ2n) is 3.85. The van der Waals surface area contributed by atoms with Gasteiger partial charge >= 0.3 is 12.0 Å². The van der Waals surface area contributed by atoms with E-state index < -0.39 is 17.5 Å². The van der Waals surface area contributed by atoms with Crippen LogP contribution in [0.15, 0.2) is 18.3 Å². The second kappa shape index (κ2) is 5.01. The Hall–Kier alpha value is -1.82. The maximum atomic E-state index is 11.5. The smallest absolute Gasteiger partial charge is 0.328 e. The first kappa shape index (κ1) is 13.2. The van der Waals surface area contributed by atoms with E-state index in [1.54, 1.807) is 12.1 Å². The summed E-state index contributed by atoms with van der Waals surface area (Å²) in [4.78, 5) is 26.1. The summed E-state index contributed by atoms with van der Waals surface area (Å²) >= 11 is 5.73. The number of rotatable bonds is 3. The van der Waals surface area contributed by atoms with E-state index in [1.807, 2.05) is 0 Å². The van der Waals surface area contributed by atoms with Gasteiger partial charge in [0.05, 0.1) is 5.69 Å². The molecule has 0 aliphatic carbocycles. The molecule has 17 heavy (non-hydrogen) atoms. The zero-order valence-electron chi connectivity index (χ0n) is 9.32. The molecule has 0 radical (unpaired) electrons. The van der Waals surface area contributed by atoms with Gasteiger partial charge in [-0.25, -0.2) is 14.6 Å². The standard InChI is InChI=1S/C10H12ClN3O3/c1-10(2,8(15)16)14-9(17)13-6-4-3-5-12-7(6)11/h3-5H,1-2H3,(H,15,16)(H2,13,14,17). The molecule has 3 N–H and O–H groups in total. The molecule has 0 spiro atoms. The van der Waals surface area contributed by atoms with E-state index in [9.17, 15) is 9.59 Å². The number of hydrogen-bond donors (Lipinski definition) is 3. The van der Waals surface area contributed by atoms with Gasteiger partial charge in [-0.05, 0) is 26.0 Å². The molecule has 0 atom stereocenters. The van der Waals surface area contributed by atoms with Crippen LogP contribution in [0.3, 0.4) is 0 Å². The Morgan fingerprint density at radius 1 is 1.47 bits per heavy atom. The number of aromatic nitrogens is 1. The van der Waals surface area contributed by atoms with Crippen molar-refractivity contribution in [1.82, 2.24) is 10.3 Å². The molecular formula is C10H12ClN3O3. The number of carboxylic acids is 1. The predicted octanol–water partition coefficient (Wildman–Crippen LogP) is 1.72. The van der Waals surface area contributed by atoms with Crippen LogP contribution in [0, 0.1) is 0 Å². The topological polar surface area (TPSA) is 91.3 Å². The van der Waals surface area contributed by atoms with Gasteiger partial charge < -0.3 is 15.7 Å². The quantitative estimate of drug-likeness (QED) is 0.719. The fourth-order valence-electron chi connectivity index (χ4n) is 0.970. The fraction of sp³-hybridized carbons (Fsp3) is 0.300. The lowest BCUT2D eigenvalue weighted by atomic mass is 10.1. The highest BCUT2D eigenvalue weighted by Crippen LogP contribution is 2.17. The van der Waals surface area contributed by atoms with Gasteiger partial charge in [0, 0.05) is 6.20 Å². The molecule has 1 rings (SSSR count). The van der Waals surface area contributed by atoms with Crippen molar-refractivity contribution in [3.63, 3.8) is 0 Å². The molecule has 0 fully saturated rings. The summed E-state index contributed by atoms with van der Waals surface area (Å²) in [6.07, 6.45) is 1.48. The summed E-state index contributed by atoms with van der Waals surface area (Å²) in [6.45, 7) is 2.75. The molecule has 1 aromatic rings. The molecule has 1 heterocycles. The van der Waals surface area contributed by atoms with Gasteiger partial charge in [0.2, 0.25) is 0 Å². The molecule has 0 aliphatic heterocycles. The number of pyridine rings is 1. The molecule has 92 valence electrons. The van der Waals surface area contributed by atoms with Crippen molar-refractivity contribution in [2.45, 2.75) is 19.4 Å². The maximum Gasteiger partial charge on any atom is 0.328 e. The monoisotopic (exact) mass is 257 g/mol. The number of carboxylic acid groups (broad SMARTS) is 1. The molecule has 0 aromatic carbocycles. The largest absolute Gasteiger partial charge is 0.480 e. The van der Waals surface area contributed by atoms with Crippen LogP contribution in [0.4, 0.5) is 10.5 Å². The van der Waals surface area contributed by atoms with Gasteiger partial charge in [-0.15, -0.1) is 0 Å². The zero-order chi connectivity index (χ0) is 13.1. The highest BCUT2D eigenvalue weighted by atomic mass is 35.5. The van der Waals surface area contributed by atoms with Gasteiger partial charge in [0.1, 0.15) is 5.54 Å². The number of amides is 2. The van der Waals surface area contributed by atoms with Crippen molar-refractivity contribution in [3.05, 3.63) is 23.5 Å². The van der Waals surface area contributed by atoms with E-state index in [-0.39, 0.29) is 5.15 Å². The number of carbonyl (C=O) groups excluding carboxylic acids is 1. The van der Waals surface area contributed by atoms with Crippen molar-refractivity contribution >= 4 is 29.3 Å². The van der Waals surface area contributed by atoms with Gasteiger partial charge in [-0.1, -0.05) is 11.6 Å². The predicted molar refractivity (Wildman–Crippen MR) is 63.1 cm³/mol. The maximum absolute atomic E-state index is 11.5. The lowest BCUT2D eigenvalue weighted by Crippen LogP contribution is -2.51. The Labute approximate surface area is 103 Å². The summed E-state index contributed by atoms with van der Waals surface area (Å²) < 4.78 is 0. The Balaban J connectivity index is 2.69. The van der Waals surface area contributed by atoms with Gasteiger partial charge in [-0.3, -0.25) is 0 Å². The van der Waals surface area contributed by atoms with Crippen molar-refractivity contribution < 1.29 is 14.7 Å². The number of nitrogens with one attached hydrogen (secondary N) is 2. The van der Waals surface area contributed by atoms with E-state index in [0.717, 1.165) is 0 Å². The normalized spacial score (nSPS) is 10.8. The number of urea groups is 1. The fourth-order valence-corrected chi connectivity index (χ4v) is 1.14. The van der Waals surface area contributed by atoms with Crippen molar-refractivity contribution in [3.8, 4) is 0 Å². The van der Waals surface area contributed by atoms with Gasteiger partial charge in [0.25, 0.3) is 0 Å². The van der Waals surface area contributed by atoms with Gasteiger partial charge in [-0.2, -0.15) is 0 Å². The van der Waals surface area contributed by atoms with Crippen LogP contribution in [-0.4, -0.2) is 27.6 Å². The number of anilines is 1. The van der Waals surface area contributed by atoms with Crippen molar-refractivity contribution in [2.24, 2.45) is 0 Å². The molecule has 1 aromatic heterocycles. The van der Waals surface area contributed by atoms with E-state index in [2.05, 4.69) is 15.6 Å². The molecular weight excluding hydrogens is 246 g/mol. The lowest BCUT2D eigenvalue weighted by Gasteiger charge is -2.21. The summed E-state index contributed by atoms with van der Waals surface area (Å²) in [7, 11) is 0. The average molecular weight is 258 g/mol. The van der Waals surface area contributed by atoms with E-state index in [0.29, 0.717) is 5.69 Å². The second-order valence-corrected chi connectivity index (χ2v) is 4.21. The number of carbonyl (C=O) groups is 2. The highest BCUT2D eigenvalue weighted by Gasteiger charge is 2.29. The Morgan fingerprint density at radius 3 is 2.65 bits per heavy atom. The lowest BCUT2D eigenvalue weighted by molar-refractivity contribution is -0.142. The molecule has 0 bridgehead atoms. The molecule has 6 nitrogen and oxygen atoms in total. The Bertz CT molecular complexity index is 448. The molecule has 0 aliphatic rings. The van der Waals surface area contributed by atoms with Crippen LogP contribution in [0.2, 0.25) is 5.15 Å². The minimum atomic E-state index is -1.36. The zero-order valence-corrected chi connectivity index (χ0v) is 10.1. The first-order valence-corrected chi connectivity index (χ1v) is 5.14. The van der Waals surface area contributed by atoms with Crippen LogP contribution < -0.4 is 10.6 Å². The summed E-state index contributed by atoms with van der Waals surface area (Å²) in [5.41, 5.74) is -1.05. The van der Waals surface area contributed by atoms with E-state index in [1.165, 1.54) is 20.0 Å². The first-order chi connectivity index (χ1) is 7.83. The number of nitrogens with zero attached hydrogens (tertiary/aromatic N) is 1. The molecule has 0 saturated heterocycles. The summed E-state index contributed by atoms with van der Waals surface area (Å²) in [5, 5.41) is 13.7. The van der Waals surface area contributed by atoms with E-state index in [4.69, 9.17) is 16.7 Å². The molecule has 2 amide bonds. The van der Waals surface area contributed by atoms with E-state index >= 15 is 0 Å². The van der Waals surface area contributed by atoms with Crippen LogP contribution in [0.5, 0.6) is 0 Å². The highest BCUT2D eigenvalue weighted by molar-refractivity contribution is 6.32. The first-order valence-electron chi connectivity index (χ1n) is 4.76. The Kier molecular flexibility index (Phi) is 3.90. The van der Waals surface area contributed by atoms with Crippen LogP contribution in [0.1, 0.15) is 13.8 Å². The third-order valence-corrected chi connectivity index (χ3v) is 2.27. The van der Waals surface area contributed by atoms with Crippen LogP contribution in [-0.2, 0) is 4.79 Å². The number of hydrogen-bond acceptors (Lipinski definition) is 3. The molecule has 0 saturated carbocycles. The third kappa shape index (κ3) is 3.60. The third-order valence-electron chi connectivity index (χ3n) is 1.97. The summed E-state index contributed by atoms with van der Waals surface area (Å²) in [5.74, 6) is -1.13. The number of aliphatic carboxylic acids is 1. The Morgan fingerprint density at radius 2 is 2.12 bits per heavy atom. The minimum Gasteiger partial charge on any atom is -0.480 e.